The van der Waals surface area contributed by atoms with Gasteiger partial charge in [-0.2, -0.15) is 0 Å². The number of rotatable bonds is 6. The normalized spacial score (nSPS) is 11.9. The Balaban J connectivity index is 2.88. The van der Waals surface area contributed by atoms with Crippen molar-refractivity contribution in [3.8, 4) is 0 Å². The van der Waals surface area contributed by atoms with Gasteiger partial charge in [0.1, 0.15) is 11.6 Å². The molecule has 0 heterocycles. The van der Waals surface area contributed by atoms with Crippen LogP contribution in [0.1, 0.15) is 38.7 Å². The van der Waals surface area contributed by atoms with Gasteiger partial charge in [0.05, 0.1) is 0 Å². The van der Waals surface area contributed by atoms with Gasteiger partial charge in [0, 0.05) is 18.1 Å². The van der Waals surface area contributed by atoms with E-state index in [-0.39, 0.29) is 12.3 Å². The lowest BCUT2D eigenvalue weighted by Gasteiger charge is -2.13. The van der Waals surface area contributed by atoms with Crippen LogP contribution in [0.3, 0.4) is 0 Å². The molecule has 0 bridgehead atoms. The van der Waals surface area contributed by atoms with Crippen LogP contribution in [-0.2, 0) is 4.79 Å². The van der Waals surface area contributed by atoms with Gasteiger partial charge in [-0.1, -0.05) is 19.9 Å². The van der Waals surface area contributed by atoms with E-state index in [1.54, 1.807) is 0 Å². The number of aliphatic carboxylic acids is 1. The van der Waals surface area contributed by atoms with Crippen LogP contribution in [0.2, 0.25) is 0 Å². The summed E-state index contributed by atoms with van der Waals surface area (Å²) in [5.74, 6) is -1.94. The zero-order valence-electron chi connectivity index (χ0n) is 11.1. The number of carboxylic acids is 1. The molecule has 0 radical (unpaired) electrons. The Hall–Kier alpha value is -1.71. The predicted molar refractivity (Wildman–Crippen MR) is 70.7 cm³/mol. The first-order valence-electron chi connectivity index (χ1n) is 6.29. The van der Waals surface area contributed by atoms with Crippen LogP contribution < -0.4 is 0 Å². The summed E-state index contributed by atoms with van der Waals surface area (Å²) < 4.78 is 26.6. The highest BCUT2D eigenvalue weighted by Gasteiger charge is 2.12. The molecule has 1 rings (SSSR count). The Labute approximate surface area is 111 Å². The Kier molecular flexibility index (Phi) is 5.67. The first kappa shape index (κ1) is 15.3. The minimum Gasteiger partial charge on any atom is -0.481 e. The van der Waals surface area contributed by atoms with Crippen LogP contribution in [0.5, 0.6) is 0 Å². The molecule has 0 aliphatic carbocycles. The lowest BCUT2D eigenvalue weighted by atomic mass is 9.93. The second-order valence-electron chi connectivity index (χ2n) is 4.72. The Morgan fingerprint density at radius 2 is 2.05 bits per heavy atom. The fourth-order valence-electron chi connectivity index (χ4n) is 1.89. The summed E-state index contributed by atoms with van der Waals surface area (Å²) in [5, 5.41) is 8.56. The molecule has 0 fully saturated rings. The molecule has 0 unspecified atom stereocenters. The topological polar surface area (TPSA) is 37.3 Å². The summed E-state index contributed by atoms with van der Waals surface area (Å²) in [6.07, 6.45) is 3.00. The largest absolute Gasteiger partial charge is 0.481 e. The van der Waals surface area contributed by atoms with Crippen molar-refractivity contribution in [2.75, 3.05) is 0 Å². The fraction of sp³-hybridized carbons (Fsp3) is 0.400. The number of hydrogen-bond acceptors (Lipinski definition) is 1. The average molecular weight is 268 g/mol. The van der Waals surface area contributed by atoms with Crippen molar-refractivity contribution in [2.45, 2.75) is 33.1 Å². The molecule has 0 aromatic heterocycles. The molecule has 0 amide bonds. The number of carboxylic acid groups (broad SMARTS) is 1. The minimum absolute atomic E-state index is 0.0878. The first-order valence-corrected chi connectivity index (χ1v) is 6.29. The molecule has 2 nitrogen and oxygen atoms in total. The molecule has 0 spiro atoms. The Morgan fingerprint density at radius 3 is 2.58 bits per heavy atom. The van der Waals surface area contributed by atoms with Crippen LogP contribution in [0.25, 0.3) is 5.57 Å². The van der Waals surface area contributed by atoms with Gasteiger partial charge >= 0.3 is 5.97 Å². The third-order valence-electron chi connectivity index (χ3n) is 2.82. The number of hydrogen-bond donors (Lipinski definition) is 1. The van der Waals surface area contributed by atoms with E-state index in [4.69, 9.17) is 5.11 Å². The van der Waals surface area contributed by atoms with Crippen molar-refractivity contribution in [3.05, 3.63) is 41.5 Å². The zero-order valence-corrected chi connectivity index (χ0v) is 11.1. The summed E-state index contributed by atoms with van der Waals surface area (Å²) in [6, 6.07) is 3.52. The smallest absolute Gasteiger partial charge is 0.303 e. The Morgan fingerprint density at radius 1 is 1.37 bits per heavy atom. The van der Waals surface area contributed by atoms with Gasteiger partial charge in [0.25, 0.3) is 0 Å². The van der Waals surface area contributed by atoms with Crippen molar-refractivity contribution in [3.63, 3.8) is 0 Å². The molecular weight excluding hydrogens is 250 g/mol. The number of carbonyl (C=O) groups is 1. The number of benzene rings is 1. The van der Waals surface area contributed by atoms with Crippen LogP contribution in [0.15, 0.2) is 24.3 Å². The monoisotopic (exact) mass is 268 g/mol. The van der Waals surface area contributed by atoms with E-state index in [1.165, 1.54) is 12.1 Å². The highest BCUT2D eigenvalue weighted by Crippen LogP contribution is 2.26. The SMILES string of the molecule is CC(C)/C(=C\CCCC(=O)O)c1ccc(F)cc1F. The molecule has 0 atom stereocenters. The maximum Gasteiger partial charge on any atom is 0.303 e. The zero-order chi connectivity index (χ0) is 14.4. The van der Waals surface area contributed by atoms with E-state index in [0.717, 1.165) is 11.6 Å². The summed E-state index contributed by atoms with van der Waals surface area (Å²) >= 11 is 0. The molecule has 4 heteroatoms. The number of unbranched alkanes of at least 4 members (excludes halogenated alkanes) is 1. The molecular formula is C15H18F2O2. The van der Waals surface area contributed by atoms with Gasteiger partial charge in [0.15, 0.2) is 0 Å². The third kappa shape index (κ3) is 4.81. The van der Waals surface area contributed by atoms with Crippen LogP contribution in [0, 0.1) is 17.6 Å². The molecule has 1 N–H and O–H groups in total. The van der Waals surface area contributed by atoms with E-state index >= 15 is 0 Å². The summed E-state index contributed by atoms with van der Waals surface area (Å²) in [6.45, 7) is 3.84. The van der Waals surface area contributed by atoms with Crippen molar-refractivity contribution in [1.82, 2.24) is 0 Å². The van der Waals surface area contributed by atoms with Gasteiger partial charge in [0.2, 0.25) is 0 Å². The lowest BCUT2D eigenvalue weighted by Crippen LogP contribution is -1.99. The van der Waals surface area contributed by atoms with Crippen LogP contribution in [0.4, 0.5) is 8.78 Å². The maximum absolute atomic E-state index is 13.7. The van der Waals surface area contributed by atoms with Crippen molar-refractivity contribution < 1.29 is 18.7 Å². The molecule has 0 aliphatic heterocycles. The molecule has 0 saturated heterocycles. The second-order valence-corrected chi connectivity index (χ2v) is 4.72. The van der Waals surface area contributed by atoms with Crippen LogP contribution in [-0.4, -0.2) is 11.1 Å². The van der Waals surface area contributed by atoms with Gasteiger partial charge in [-0.3, -0.25) is 4.79 Å². The van der Waals surface area contributed by atoms with Gasteiger partial charge in [-0.25, -0.2) is 8.78 Å². The van der Waals surface area contributed by atoms with Crippen molar-refractivity contribution >= 4 is 11.5 Å². The first-order chi connectivity index (χ1) is 8.91. The quantitative estimate of drug-likeness (QED) is 0.783. The van der Waals surface area contributed by atoms with Gasteiger partial charge in [-0.15, -0.1) is 0 Å². The molecule has 0 aliphatic rings. The van der Waals surface area contributed by atoms with E-state index in [9.17, 15) is 13.6 Å². The summed E-state index contributed by atoms with van der Waals surface area (Å²) in [5.41, 5.74) is 1.16. The van der Waals surface area contributed by atoms with Crippen molar-refractivity contribution in [2.24, 2.45) is 5.92 Å². The molecule has 0 saturated carbocycles. The lowest BCUT2D eigenvalue weighted by molar-refractivity contribution is -0.137. The molecule has 1 aromatic rings. The second kappa shape index (κ2) is 7.02. The van der Waals surface area contributed by atoms with E-state index in [2.05, 4.69) is 0 Å². The van der Waals surface area contributed by atoms with Gasteiger partial charge in [-0.05, 0) is 36.5 Å². The number of halogens is 2. The number of allylic oxidation sites excluding steroid dienone is 2. The Bertz CT molecular complexity index is 479. The fourth-order valence-corrected chi connectivity index (χ4v) is 1.89. The molecule has 19 heavy (non-hydrogen) atoms. The standard InChI is InChI=1S/C15H18F2O2/c1-10(2)12(5-3-4-6-15(18)19)13-8-7-11(16)9-14(13)17/h5,7-10H,3-4,6H2,1-2H3,(H,18,19)/b12-5+. The van der Waals surface area contributed by atoms with Crippen LogP contribution >= 0.6 is 0 Å². The van der Waals surface area contributed by atoms with E-state index in [1.807, 2.05) is 19.9 Å². The van der Waals surface area contributed by atoms with Gasteiger partial charge < -0.3 is 5.11 Å². The highest BCUT2D eigenvalue weighted by atomic mass is 19.1. The predicted octanol–water partition coefficient (Wildman–Crippen LogP) is 4.26. The third-order valence-corrected chi connectivity index (χ3v) is 2.82. The highest BCUT2D eigenvalue weighted by molar-refractivity contribution is 5.68. The van der Waals surface area contributed by atoms with E-state index in [0.29, 0.717) is 18.4 Å². The maximum atomic E-state index is 13.7. The average Bonchev–Trinajstić information content (AvgIpc) is 2.30. The molecule has 104 valence electrons. The van der Waals surface area contributed by atoms with Crippen molar-refractivity contribution in [1.29, 1.82) is 0 Å². The minimum atomic E-state index is -0.840. The summed E-state index contributed by atoms with van der Waals surface area (Å²) in [4.78, 5) is 10.4. The van der Waals surface area contributed by atoms with E-state index < -0.39 is 17.6 Å². The molecule has 1 aromatic carbocycles. The summed E-state index contributed by atoms with van der Waals surface area (Å²) in [7, 11) is 0.